The van der Waals surface area contributed by atoms with Gasteiger partial charge in [-0.05, 0) is 6.26 Å². The van der Waals surface area contributed by atoms with Gasteiger partial charge in [0.2, 0.25) is 6.29 Å². The van der Waals surface area contributed by atoms with E-state index < -0.39 is 31.5 Å². The highest BCUT2D eigenvalue weighted by molar-refractivity contribution is 7.98. The molecule has 0 amide bonds. The molecule has 3 rings (SSSR count). The Kier molecular flexibility index (Phi) is 4.06. The third-order valence-corrected chi connectivity index (χ3v) is 3.81. The molecule has 4 atom stereocenters. The minimum Gasteiger partial charge on any atom is -0.393 e. The maximum Gasteiger partial charge on any atom is 0.203 e. The van der Waals surface area contributed by atoms with Crippen LogP contribution in [0.5, 0.6) is 0 Å². The average molecular weight is 314 g/mol. The summed E-state index contributed by atoms with van der Waals surface area (Å²) in [5, 5.41) is 29.3. The van der Waals surface area contributed by atoms with E-state index in [4.69, 9.17) is 14.6 Å². The fraction of sp³-hybridized carbons (Fsp3) is 0.545. The van der Waals surface area contributed by atoms with Gasteiger partial charge in [0, 0.05) is 0 Å². The Morgan fingerprint density at radius 3 is 2.76 bits per heavy atom. The van der Waals surface area contributed by atoms with Crippen LogP contribution in [0.4, 0.5) is 0 Å². The maximum atomic E-state index is 9.92. The van der Waals surface area contributed by atoms with Gasteiger partial charge in [-0.2, -0.15) is 0 Å². The van der Waals surface area contributed by atoms with Gasteiger partial charge >= 0.3 is 0 Å². The van der Waals surface area contributed by atoms with Gasteiger partial charge in [0.15, 0.2) is 18.2 Å². The van der Waals surface area contributed by atoms with Gasteiger partial charge in [-0.1, -0.05) is 0 Å². The van der Waals surface area contributed by atoms with E-state index in [1.165, 1.54) is 29.0 Å². The number of aliphatic hydroxyl groups is 3. The maximum absolute atomic E-state index is 9.92. The van der Waals surface area contributed by atoms with E-state index in [0.717, 1.165) is 0 Å². The highest BCUT2D eigenvalue weighted by Crippen LogP contribution is 2.29. The van der Waals surface area contributed by atoms with Crippen LogP contribution in [0.1, 0.15) is 6.23 Å². The SMILES string of the molecule is CSc1ncnc2c1ncn2[C@H]1O[C@@H](CO)[C@@H](O)O[C@@H]1O. The molecule has 0 spiro atoms. The number of hydrogen-bond donors (Lipinski definition) is 3. The van der Waals surface area contributed by atoms with E-state index in [1.807, 2.05) is 6.26 Å². The molecule has 2 aromatic rings. The lowest BCUT2D eigenvalue weighted by molar-refractivity contribution is -0.355. The molecule has 9 nitrogen and oxygen atoms in total. The van der Waals surface area contributed by atoms with Gasteiger partial charge in [0.25, 0.3) is 0 Å². The number of thioether (sulfide) groups is 1. The monoisotopic (exact) mass is 314 g/mol. The smallest absolute Gasteiger partial charge is 0.203 e. The van der Waals surface area contributed by atoms with Crippen LogP contribution in [0.3, 0.4) is 0 Å². The molecule has 21 heavy (non-hydrogen) atoms. The van der Waals surface area contributed by atoms with Crippen LogP contribution in [-0.4, -0.2) is 66.4 Å². The molecule has 0 radical (unpaired) electrons. The Labute approximate surface area is 123 Å². The number of aromatic nitrogens is 4. The zero-order valence-corrected chi connectivity index (χ0v) is 11.8. The van der Waals surface area contributed by atoms with Crippen molar-refractivity contribution in [3.63, 3.8) is 0 Å². The van der Waals surface area contributed by atoms with Gasteiger partial charge in [-0.25, -0.2) is 15.0 Å². The van der Waals surface area contributed by atoms with Crippen molar-refractivity contribution in [3.8, 4) is 0 Å². The molecule has 1 aliphatic rings. The third kappa shape index (κ3) is 2.50. The van der Waals surface area contributed by atoms with E-state index in [-0.39, 0.29) is 0 Å². The van der Waals surface area contributed by atoms with E-state index in [1.54, 1.807) is 0 Å². The number of rotatable bonds is 3. The predicted molar refractivity (Wildman–Crippen MR) is 71.2 cm³/mol. The number of hydrogen-bond acceptors (Lipinski definition) is 9. The Morgan fingerprint density at radius 2 is 2.05 bits per heavy atom. The highest BCUT2D eigenvalue weighted by Gasteiger charge is 2.38. The van der Waals surface area contributed by atoms with E-state index >= 15 is 0 Å². The largest absolute Gasteiger partial charge is 0.393 e. The highest BCUT2D eigenvalue weighted by atomic mass is 32.2. The number of imidazole rings is 1. The van der Waals surface area contributed by atoms with Crippen molar-refractivity contribution in [3.05, 3.63) is 12.7 Å². The van der Waals surface area contributed by atoms with Crippen molar-refractivity contribution in [1.82, 2.24) is 19.5 Å². The van der Waals surface area contributed by atoms with Crippen LogP contribution in [0.25, 0.3) is 11.2 Å². The Balaban J connectivity index is 2.00. The minimum absolute atomic E-state index is 0.442. The summed E-state index contributed by atoms with van der Waals surface area (Å²) in [6.45, 7) is -0.442. The lowest BCUT2D eigenvalue weighted by atomic mass is 10.3. The molecule has 0 aromatic carbocycles. The van der Waals surface area contributed by atoms with Gasteiger partial charge in [0.05, 0.1) is 12.9 Å². The summed E-state index contributed by atoms with van der Waals surface area (Å²) in [5.41, 5.74) is 1.04. The zero-order chi connectivity index (χ0) is 15.0. The molecule has 0 aliphatic carbocycles. The second-order valence-corrected chi connectivity index (χ2v) is 5.17. The summed E-state index contributed by atoms with van der Waals surface area (Å²) in [6, 6.07) is 0. The average Bonchev–Trinajstić information content (AvgIpc) is 2.91. The Hall–Kier alpha value is -1.30. The number of nitrogens with zero attached hydrogens (tertiary/aromatic N) is 4. The van der Waals surface area contributed by atoms with Crippen LogP contribution in [-0.2, 0) is 9.47 Å². The van der Waals surface area contributed by atoms with Crippen LogP contribution >= 0.6 is 11.8 Å². The number of ether oxygens (including phenoxy) is 2. The van der Waals surface area contributed by atoms with Crippen LogP contribution in [0, 0.1) is 0 Å². The second-order valence-electron chi connectivity index (χ2n) is 4.37. The molecule has 1 aliphatic heterocycles. The quantitative estimate of drug-likeness (QED) is 0.488. The summed E-state index contributed by atoms with van der Waals surface area (Å²) >= 11 is 1.42. The van der Waals surface area contributed by atoms with Crippen molar-refractivity contribution < 1.29 is 24.8 Å². The topological polar surface area (TPSA) is 123 Å². The Morgan fingerprint density at radius 1 is 1.24 bits per heavy atom. The van der Waals surface area contributed by atoms with Crippen molar-refractivity contribution in [2.75, 3.05) is 12.9 Å². The normalized spacial score (nSPS) is 29.9. The summed E-state index contributed by atoms with van der Waals surface area (Å²) in [4.78, 5) is 12.5. The summed E-state index contributed by atoms with van der Waals surface area (Å²) in [5.74, 6) is 0. The first-order valence-corrected chi connectivity index (χ1v) is 7.37. The molecule has 2 aromatic heterocycles. The summed E-state index contributed by atoms with van der Waals surface area (Å²) in [6.07, 6.45) is -0.0322. The molecule has 0 unspecified atom stereocenters. The molecule has 1 fully saturated rings. The third-order valence-electron chi connectivity index (χ3n) is 3.13. The number of fused-ring (bicyclic) bond motifs is 1. The molecule has 114 valence electrons. The van der Waals surface area contributed by atoms with Crippen LogP contribution in [0.2, 0.25) is 0 Å². The van der Waals surface area contributed by atoms with Gasteiger partial charge < -0.3 is 24.8 Å². The zero-order valence-electron chi connectivity index (χ0n) is 11.0. The number of aliphatic hydroxyl groups excluding tert-OH is 3. The van der Waals surface area contributed by atoms with Crippen molar-refractivity contribution in [2.45, 2.75) is 29.9 Å². The first-order valence-electron chi connectivity index (χ1n) is 6.15. The summed E-state index contributed by atoms with van der Waals surface area (Å²) < 4.78 is 11.9. The molecule has 0 bridgehead atoms. The van der Waals surface area contributed by atoms with Crippen molar-refractivity contribution in [1.29, 1.82) is 0 Å². The standard InChI is InChI=1S/C11H14N4O5S/c1-21-8-6-7(12-3-13-8)15(4-14-6)9-11(18)20-10(17)5(2-16)19-9/h3-5,9-11,16-18H,2H2,1H3/t5-,9-,10-,11-/m0/s1. The summed E-state index contributed by atoms with van der Waals surface area (Å²) in [7, 11) is 0. The lowest BCUT2D eigenvalue weighted by Crippen LogP contribution is -2.48. The lowest BCUT2D eigenvalue weighted by Gasteiger charge is -2.36. The Bertz CT molecular complexity index is 638. The van der Waals surface area contributed by atoms with Gasteiger partial charge in [0.1, 0.15) is 23.0 Å². The van der Waals surface area contributed by atoms with Crippen LogP contribution in [0.15, 0.2) is 17.7 Å². The van der Waals surface area contributed by atoms with Crippen molar-refractivity contribution in [2.24, 2.45) is 0 Å². The molecular formula is C11H14N4O5S. The van der Waals surface area contributed by atoms with E-state index in [9.17, 15) is 10.2 Å². The van der Waals surface area contributed by atoms with Crippen LogP contribution < -0.4 is 0 Å². The fourth-order valence-electron chi connectivity index (χ4n) is 2.11. The molecular weight excluding hydrogens is 300 g/mol. The second kappa shape index (κ2) is 5.83. The van der Waals surface area contributed by atoms with Crippen molar-refractivity contribution >= 4 is 22.9 Å². The first kappa shape index (κ1) is 14.6. The molecule has 3 N–H and O–H groups in total. The van der Waals surface area contributed by atoms with Gasteiger partial charge in [-0.3, -0.25) is 4.57 Å². The fourth-order valence-corrected chi connectivity index (χ4v) is 2.60. The predicted octanol–water partition coefficient (Wildman–Crippen LogP) is -0.909. The van der Waals surface area contributed by atoms with Gasteiger partial charge in [-0.15, -0.1) is 11.8 Å². The van der Waals surface area contributed by atoms with E-state index in [0.29, 0.717) is 16.2 Å². The molecule has 10 heteroatoms. The molecule has 1 saturated heterocycles. The molecule has 3 heterocycles. The molecule has 0 saturated carbocycles. The first-order chi connectivity index (χ1) is 10.2. The van der Waals surface area contributed by atoms with E-state index in [2.05, 4.69) is 15.0 Å². The minimum atomic E-state index is -1.41.